The van der Waals surface area contributed by atoms with Gasteiger partial charge in [-0.05, 0) is 67.4 Å². The summed E-state index contributed by atoms with van der Waals surface area (Å²) in [7, 11) is -5.06. The van der Waals surface area contributed by atoms with Crippen molar-refractivity contribution in [2.24, 2.45) is 0 Å². The molecule has 0 saturated carbocycles. The SMILES string of the molecule is Cc1cc(-c2ccc3c(c2)N(S(=O)(=O)c2ccc4nc(C)sc4c2)CCS3=O)ccn1. The van der Waals surface area contributed by atoms with E-state index in [1.165, 1.54) is 15.6 Å². The lowest BCUT2D eigenvalue weighted by Gasteiger charge is -2.30. The standard InChI is InChI=1S/C22H19N3O3S3/c1-14-11-17(7-8-23-14)16-3-6-22-20(12-16)25(9-10-30(22)26)31(27,28)18-4-5-19-21(13-18)29-15(2)24-19/h3-8,11-13H,9-10H2,1-2H3. The maximum atomic E-state index is 13.6. The van der Waals surface area contributed by atoms with Gasteiger partial charge in [-0.1, -0.05) is 6.07 Å². The molecule has 1 aliphatic rings. The highest BCUT2D eigenvalue weighted by Crippen LogP contribution is 2.37. The Hall–Kier alpha value is -2.62. The van der Waals surface area contributed by atoms with Gasteiger partial charge in [-0.25, -0.2) is 13.4 Å². The molecule has 6 nitrogen and oxygen atoms in total. The van der Waals surface area contributed by atoms with Crippen LogP contribution in [0.15, 0.2) is 64.5 Å². The van der Waals surface area contributed by atoms with Crippen molar-refractivity contribution >= 4 is 48.1 Å². The Balaban J connectivity index is 1.64. The predicted molar refractivity (Wildman–Crippen MR) is 125 cm³/mol. The van der Waals surface area contributed by atoms with E-state index >= 15 is 0 Å². The van der Waals surface area contributed by atoms with Crippen LogP contribution in [0, 0.1) is 13.8 Å². The van der Waals surface area contributed by atoms with Gasteiger partial charge in [-0.2, -0.15) is 0 Å². The van der Waals surface area contributed by atoms with Crippen LogP contribution in [0.3, 0.4) is 0 Å². The van der Waals surface area contributed by atoms with Crippen molar-refractivity contribution in [2.75, 3.05) is 16.6 Å². The summed E-state index contributed by atoms with van der Waals surface area (Å²) < 4.78 is 42.1. The van der Waals surface area contributed by atoms with E-state index in [2.05, 4.69) is 9.97 Å². The zero-order valence-electron chi connectivity index (χ0n) is 16.9. The molecule has 0 bridgehead atoms. The largest absolute Gasteiger partial charge is 0.264 e. The molecule has 1 atom stereocenters. The van der Waals surface area contributed by atoms with E-state index in [1.54, 1.807) is 30.5 Å². The van der Waals surface area contributed by atoms with Crippen molar-refractivity contribution in [3.63, 3.8) is 0 Å². The van der Waals surface area contributed by atoms with E-state index < -0.39 is 20.8 Å². The third kappa shape index (κ3) is 3.56. The molecule has 2 aromatic heterocycles. The van der Waals surface area contributed by atoms with E-state index in [0.717, 1.165) is 32.0 Å². The van der Waals surface area contributed by atoms with Gasteiger partial charge in [-0.3, -0.25) is 13.5 Å². The molecule has 4 aromatic rings. The quantitative estimate of drug-likeness (QED) is 0.447. The first-order valence-corrected chi connectivity index (χ1v) is 13.3. The highest BCUT2D eigenvalue weighted by Gasteiger charge is 2.32. The molecule has 31 heavy (non-hydrogen) atoms. The highest BCUT2D eigenvalue weighted by atomic mass is 32.2. The molecule has 0 saturated heterocycles. The molecule has 0 aliphatic carbocycles. The number of aromatic nitrogens is 2. The molecule has 0 fully saturated rings. The number of anilines is 1. The molecular weight excluding hydrogens is 450 g/mol. The van der Waals surface area contributed by atoms with E-state index in [9.17, 15) is 12.6 Å². The first kappa shape index (κ1) is 20.3. The summed E-state index contributed by atoms with van der Waals surface area (Å²) in [6, 6.07) is 14.3. The summed E-state index contributed by atoms with van der Waals surface area (Å²) in [5, 5.41) is 0.889. The second kappa shape index (κ2) is 7.51. The summed E-state index contributed by atoms with van der Waals surface area (Å²) in [5.74, 6) is 0.266. The minimum absolute atomic E-state index is 0.167. The van der Waals surface area contributed by atoms with Crippen LogP contribution in [0.4, 0.5) is 5.69 Å². The molecule has 1 unspecified atom stereocenters. The second-order valence-corrected chi connectivity index (χ2v) is 12.0. The van der Waals surface area contributed by atoms with Crippen molar-refractivity contribution in [3.05, 3.63) is 65.4 Å². The average molecular weight is 470 g/mol. The molecule has 0 spiro atoms. The van der Waals surface area contributed by atoms with Crippen molar-refractivity contribution in [2.45, 2.75) is 23.6 Å². The van der Waals surface area contributed by atoms with Crippen LogP contribution in [0.25, 0.3) is 21.3 Å². The Morgan fingerprint density at radius 1 is 1.03 bits per heavy atom. The first-order valence-electron chi connectivity index (χ1n) is 9.68. The normalized spacial score (nSPS) is 16.5. The lowest BCUT2D eigenvalue weighted by Crippen LogP contribution is -2.38. The number of thiazole rings is 1. The van der Waals surface area contributed by atoms with Gasteiger partial charge in [0.25, 0.3) is 10.0 Å². The van der Waals surface area contributed by atoms with Crippen LogP contribution in [-0.4, -0.2) is 34.9 Å². The fourth-order valence-corrected chi connectivity index (χ4v) is 7.57. The smallest absolute Gasteiger partial charge is 0.264 e. The van der Waals surface area contributed by atoms with Crippen LogP contribution in [0.5, 0.6) is 0 Å². The van der Waals surface area contributed by atoms with Gasteiger partial charge in [0.1, 0.15) is 0 Å². The van der Waals surface area contributed by atoms with Crippen LogP contribution in [0.1, 0.15) is 10.7 Å². The number of nitrogens with zero attached hydrogens (tertiary/aromatic N) is 3. The highest BCUT2D eigenvalue weighted by molar-refractivity contribution is 7.93. The molecule has 9 heteroatoms. The minimum Gasteiger partial charge on any atom is -0.264 e. The van der Waals surface area contributed by atoms with Gasteiger partial charge in [0.2, 0.25) is 0 Å². The first-order chi connectivity index (χ1) is 14.8. The van der Waals surface area contributed by atoms with Gasteiger partial charge in [-0.15, -0.1) is 11.3 Å². The summed E-state index contributed by atoms with van der Waals surface area (Å²) in [6.07, 6.45) is 1.73. The Morgan fingerprint density at radius 2 is 1.84 bits per heavy atom. The maximum Gasteiger partial charge on any atom is 0.264 e. The number of hydrogen-bond donors (Lipinski definition) is 0. The van der Waals surface area contributed by atoms with Crippen LogP contribution in [0.2, 0.25) is 0 Å². The topological polar surface area (TPSA) is 80.2 Å². The zero-order chi connectivity index (χ0) is 21.8. The number of benzene rings is 2. The number of hydrogen-bond acceptors (Lipinski definition) is 6. The Morgan fingerprint density at radius 3 is 2.65 bits per heavy atom. The van der Waals surface area contributed by atoms with Crippen LogP contribution >= 0.6 is 11.3 Å². The molecule has 2 aromatic carbocycles. The van der Waals surface area contributed by atoms with Crippen molar-refractivity contribution in [1.29, 1.82) is 0 Å². The van der Waals surface area contributed by atoms with Gasteiger partial charge >= 0.3 is 0 Å². The fraction of sp³-hybridized carbons (Fsp3) is 0.182. The van der Waals surface area contributed by atoms with Gasteiger partial charge < -0.3 is 0 Å². The molecule has 0 radical (unpaired) electrons. The van der Waals surface area contributed by atoms with Gasteiger partial charge in [0, 0.05) is 24.2 Å². The lowest BCUT2D eigenvalue weighted by molar-refractivity contribution is 0.591. The predicted octanol–water partition coefficient (Wildman–Crippen LogP) is 4.29. The number of fused-ring (bicyclic) bond motifs is 2. The molecule has 0 amide bonds. The van der Waals surface area contributed by atoms with E-state index in [4.69, 9.17) is 0 Å². The van der Waals surface area contributed by atoms with Crippen molar-refractivity contribution in [3.8, 4) is 11.1 Å². The molecule has 5 rings (SSSR count). The van der Waals surface area contributed by atoms with E-state index in [1.807, 2.05) is 38.1 Å². The number of rotatable bonds is 3. The second-order valence-electron chi connectivity index (χ2n) is 7.36. The van der Waals surface area contributed by atoms with Crippen molar-refractivity contribution in [1.82, 2.24) is 9.97 Å². The monoisotopic (exact) mass is 469 g/mol. The lowest BCUT2D eigenvalue weighted by atomic mass is 10.1. The summed E-state index contributed by atoms with van der Waals surface area (Å²) >= 11 is 1.47. The summed E-state index contributed by atoms with van der Waals surface area (Å²) in [6.45, 7) is 3.98. The maximum absolute atomic E-state index is 13.6. The Bertz CT molecular complexity index is 1460. The molecular formula is C22H19N3O3S3. The number of pyridine rings is 1. The fourth-order valence-electron chi connectivity index (χ4n) is 3.76. The zero-order valence-corrected chi connectivity index (χ0v) is 19.4. The average Bonchev–Trinajstić information content (AvgIpc) is 3.13. The van der Waals surface area contributed by atoms with Gasteiger partial charge in [0.05, 0.1) is 41.5 Å². The number of aryl methyl sites for hydroxylation is 2. The van der Waals surface area contributed by atoms with E-state index in [0.29, 0.717) is 10.6 Å². The summed E-state index contributed by atoms with van der Waals surface area (Å²) in [4.78, 5) is 9.39. The molecule has 3 heterocycles. The molecule has 0 N–H and O–H groups in total. The minimum atomic E-state index is -3.82. The Labute approximate surface area is 187 Å². The molecule has 1 aliphatic heterocycles. The van der Waals surface area contributed by atoms with Crippen LogP contribution < -0.4 is 4.31 Å². The number of sulfonamides is 1. The summed E-state index contributed by atoms with van der Waals surface area (Å²) in [5.41, 5.74) is 3.92. The van der Waals surface area contributed by atoms with Crippen LogP contribution in [-0.2, 0) is 20.8 Å². The Kier molecular flexibility index (Phi) is 4.91. The van der Waals surface area contributed by atoms with Crippen molar-refractivity contribution < 1.29 is 12.6 Å². The third-order valence-electron chi connectivity index (χ3n) is 5.24. The van der Waals surface area contributed by atoms with E-state index in [-0.39, 0.29) is 17.2 Å². The molecule has 158 valence electrons. The third-order valence-corrected chi connectivity index (χ3v) is 9.37. The van der Waals surface area contributed by atoms with Gasteiger partial charge in [0.15, 0.2) is 0 Å².